The lowest BCUT2D eigenvalue weighted by Crippen LogP contribution is -2.40. The monoisotopic (exact) mass is 419 g/mol. The SMILES string of the molecule is CN=C(NCCSc1ccc(Cl)cc1)NCc1cccnc1N1CCOCC1. The van der Waals surface area contributed by atoms with Gasteiger partial charge in [0.25, 0.3) is 0 Å². The van der Waals surface area contributed by atoms with Gasteiger partial charge in [0, 0.05) is 60.7 Å². The highest BCUT2D eigenvalue weighted by atomic mass is 35.5. The molecular weight excluding hydrogens is 394 g/mol. The molecule has 3 rings (SSSR count). The second kappa shape index (κ2) is 11.1. The van der Waals surface area contributed by atoms with Crippen LogP contribution in [0.1, 0.15) is 5.56 Å². The molecule has 1 aliphatic heterocycles. The van der Waals surface area contributed by atoms with Crippen molar-refractivity contribution in [2.45, 2.75) is 11.4 Å². The van der Waals surface area contributed by atoms with E-state index in [2.05, 4.69) is 31.6 Å². The Kier molecular flexibility index (Phi) is 8.26. The van der Waals surface area contributed by atoms with Crippen LogP contribution >= 0.6 is 23.4 Å². The van der Waals surface area contributed by atoms with E-state index in [0.717, 1.165) is 61.0 Å². The zero-order valence-electron chi connectivity index (χ0n) is 16.0. The van der Waals surface area contributed by atoms with E-state index in [-0.39, 0.29) is 0 Å². The summed E-state index contributed by atoms with van der Waals surface area (Å²) in [6.07, 6.45) is 1.84. The summed E-state index contributed by atoms with van der Waals surface area (Å²) in [7, 11) is 1.79. The van der Waals surface area contributed by atoms with Crippen LogP contribution in [0.2, 0.25) is 5.02 Å². The van der Waals surface area contributed by atoms with Crippen LogP contribution in [-0.2, 0) is 11.3 Å². The Bertz CT molecular complexity index is 765. The first-order chi connectivity index (χ1) is 13.8. The molecule has 2 heterocycles. The van der Waals surface area contributed by atoms with Gasteiger partial charge in [0.05, 0.1) is 13.2 Å². The van der Waals surface area contributed by atoms with Gasteiger partial charge in [-0.15, -0.1) is 11.8 Å². The van der Waals surface area contributed by atoms with Gasteiger partial charge < -0.3 is 20.3 Å². The number of hydrogen-bond acceptors (Lipinski definition) is 5. The maximum atomic E-state index is 5.92. The molecule has 1 aliphatic rings. The number of aromatic nitrogens is 1. The largest absolute Gasteiger partial charge is 0.378 e. The highest BCUT2D eigenvalue weighted by molar-refractivity contribution is 7.99. The molecule has 28 heavy (non-hydrogen) atoms. The predicted molar refractivity (Wildman–Crippen MR) is 118 cm³/mol. The number of guanidine groups is 1. The van der Waals surface area contributed by atoms with Crippen LogP contribution in [0.3, 0.4) is 0 Å². The number of nitrogens with one attached hydrogen (secondary N) is 2. The van der Waals surface area contributed by atoms with Gasteiger partial charge in [0.2, 0.25) is 0 Å². The summed E-state index contributed by atoms with van der Waals surface area (Å²) in [5.74, 6) is 2.74. The number of anilines is 1. The molecule has 0 atom stereocenters. The Labute approximate surface area is 175 Å². The van der Waals surface area contributed by atoms with Gasteiger partial charge in [-0.1, -0.05) is 17.7 Å². The molecule has 150 valence electrons. The number of pyridine rings is 1. The smallest absolute Gasteiger partial charge is 0.191 e. The van der Waals surface area contributed by atoms with Crippen LogP contribution in [0.5, 0.6) is 0 Å². The maximum Gasteiger partial charge on any atom is 0.191 e. The fourth-order valence-electron chi connectivity index (χ4n) is 2.90. The third kappa shape index (κ3) is 6.29. The standard InChI is InChI=1S/C20H26ClN5OS/c1-22-20(24-9-14-28-18-6-4-17(21)5-7-18)25-15-16-3-2-8-23-19(16)26-10-12-27-13-11-26/h2-8H,9-15H2,1H3,(H2,22,24,25). The summed E-state index contributed by atoms with van der Waals surface area (Å²) < 4.78 is 5.45. The summed E-state index contributed by atoms with van der Waals surface area (Å²) in [6.45, 7) is 4.73. The van der Waals surface area contributed by atoms with Crippen LogP contribution in [-0.4, -0.2) is 56.6 Å². The van der Waals surface area contributed by atoms with E-state index in [9.17, 15) is 0 Å². The summed E-state index contributed by atoms with van der Waals surface area (Å²) in [6, 6.07) is 12.0. The number of halogens is 1. The molecular formula is C20H26ClN5OS. The molecule has 0 unspecified atom stereocenters. The summed E-state index contributed by atoms with van der Waals surface area (Å²) in [5, 5.41) is 7.51. The molecule has 0 saturated carbocycles. The number of nitrogens with zero attached hydrogens (tertiary/aromatic N) is 3. The molecule has 0 radical (unpaired) electrons. The van der Waals surface area contributed by atoms with E-state index in [4.69, 9.17) is 16.3 Å². The number of rotatable bonds is 7. The summed E-state index contributed by atoms with van der Waals surface area (Å²) in [5.41, 5.74) is 1.16. The van der Waals surface area contributed by atoms with E-state index in [0.29, 0.717) is 6.54 Å². The van der Waals surface area contributed by atoms with Crippen molar-refractivity contribution < 1.29 is 4.74 Å². The number of morpholine rings is 1. The average molecular weight is 420 g/mol. The van der Waals surface area contributed by atoms with Crippen molar-refractivity contribution in [3.63, 3.8) is 0 Å². The highest BCUT2D eigenvalue weighted by Crippen LogP contribution is 2.20. The normalized spacial score (nSPS) is 14.8. The fourth-order valence-corrected chi connectivity index (χ4v) is 3.79. The van der Waals surface area contributed by atoms with Crippen molar-refractivity contribution in [3.8, 4) is 0 Å². The van der Waals surface area contributed by atoms with E-state index in [1.54, 1.807) is 18.8 Å². The quantitative estimate of drug-likeness (QED) is 0.311. The van der Waals surface area contributed by atoms with Gasteiger partial charge in [-0.25, -0.2) is 4.98 Å². The van der Waals surface area contributed by atoms with E-state index in [1.165, 1.54) is 4.90 Å². The van der Waals surface area contributed by atoms with Crippen molar-refractivity contribution in [1.29, 1.82) is 0 Å². The number of hydrogen-bond donors (Lipinski definition) is 2. The van der Waals surface area contributed by atoms with Crippen LogP contribution < -0.4 is 15.5 Å². The minimum absolute atomic E-state index is 0.671. The number of thioether (sulfide) groups is 1. The molecule has 6 nitrogen and oxygen atoms in total. The Morgan fingerprint density at radius 1 is 1.21 bits per heavy atom. The van der Waals surface area contributed by atoms with Gasteiger partial charge in [0.15, 0.2) is 5.96 Å². The number of aliphatic imine (C=N–C) groups is 1. The maximum absolute atomic E-state index is 5.92. The molecule has 1 aromatic heterocycles. The first kappa shape index (κ1) is 20.8. The van der Waals surface area contributed by atoms with E-state index >= 15 is 0 Å². The van der Waals surface area contributed by atoms with Crippen LogP contribution in [0, 0.1) is 0 Å². The van der Waals surface area contributed by atoms with Crippen molar-refractivity contribution in [3.05, 3.63) is 53.2 Å². The van der Waals surface area contributed by atoms with Crippen LogP contribution in [0.25, 0.3) is 0 Å². The third-order valence-electron chi connectivity index (χ3n) is 4.32. The molecule has 2 aromatic rings. The third-order valence-corrected chi connectivity index (χ3v) is 5.59. The van der Waals surface area contributed by atoms with Crippen molar-refractivity contribution >= 4 is 35.1 Å². The lowest BCUT2D eigenvalue weighted by Gasteiger charge is -2.29. The Balaban J connectivity index is 1.46. The molecule has 2 N–H and O–H groups in total. The summed E-state index contributed by atoms with van der Waals surface area (Å²) >= 11 is 7.70. The second-order valence-corrected chi connectivity index (χ2v) is 7.85. The van der Waals surface area contributed by atoms with Crippen molar-refractivity contribution in [2.24, 2.45) is 4.99 Å². The fraction of sp³-hybridized carbons (Fsp3) is 0.400. The molecule has 1 aromatic carbocycles. The van der Waals surface area contributed by atoms with Gasteiger partial charge in [-0.3, -0.25) is 4.99 Å². The Morgan fingerprint density at radius 2 is 2.00 bits per heavy atom. The van der Waals surface area contributed by atoms with E-state index in [1.807, 2.05) is 36.5 Å². The second-order valence-electron chi connectivity index (χ2n) is 6.24. The molecule has 0 spiro atoms. The minimum atomic E-state index is 0.671. The molecule has 0 aliphatic carbocycles. The lowest BCUT2D eigenvalue weighted by molar-refractivity contribution is 0.122. The number of benzene rings is 1. The van der Waals surface area contributed by atoms with Gasteiger partial charge >= 0.3 is 0 Å². The first-order valence-electron chi connectivity index (χ1n) is 9.36. The minimum Gasteiger partial charge on any atom is -0.378 e. The van der Waals surface area contributed by atoms with E-state index < -0.39 is 0 Å². The van der Waals surface area contributed by atoms with Crippen molar-refractivity contribution in [2.75, 3.05) is 50.5 Å². The molecule has 0 bridgehead atoms. The average Bonchev–Trinajstić information content (AvgIpc) is 2.75. The van der Waals surface area contributed by atoms with Crippen LogP contribution in [0.15, 0.2) is 52.5 Å². The van der Waals surface area contributed by atoms with Gasteiger partial charge in [-0.2, -0.15) is 0 Å². The predicted octanol–water partition coefficient (Wildman–Crippen LogP) is 3.03. The molecule has 1 fully saturated rings. The van der Waals surface area contributed by atoms with Crippen molar-refractivity contribution in [1.82, 2.24) is 15.6 Å². The van der Waals surface area contributed by atoms with Crippen LogP contribution in [0.4, 0.5) is 5.82 Å². The molecule has 8 heteroatoms. The Hall–Kier alpha value is -1.96. The number of ether oxygens (including phenoxy) is 1. The molecule has 0 amide bonds. The highest BCUT2D eigenvalue weighted by Gasteiger charge is 2.15. The topological polar surface area (TPSA) is 61.8 Å². The van der Waals surface area contributed by atoms with Gasteiger partial charge in [0.1, 0.15) is 5.82 Å². The summed E-state index contributed by atoms with van der Waals surface area (Å²) in [4.78, 5) is 12.4. The Morgan fingerprint density at radius 3 is 2.75 bits per heavy atom. The first-order valence-corrected chi connectivity index (χ1v) is 10.7. The zero-order valence-corrected chi connectivity index (χ0v) is 17.6. The lowest BCUT2D eigenvalue weighted by atomic mass is 10.2. The zero-order chi connectivity index (χ0) is 19.6. The molecule has 1 saturated heterocycles. The van der Waals surface area contributed by atoms with Gasteiger partial charge in [-0.05, 0) is 30.3 Å².